The van der Waals surface area contributed by atoms with Gasteiger partial charge in [0.15, 0.2) is 0 Å². The van der Waals surface area contributed by atoms with Crippen molar-refractivity contribution in [3.63, 3.8) is 0 Å². The Bertz CT molecular complexity index is 993. The molecule has 0 unspecified atom stereocenters. The molecule has 0 radical (unpaired) electrons. The lowest BCUT2D eigenvalue weighted by Crippen LogP contribution is -2.16. The number of ether oxygens (including phenoxy) is 1. The minimum absolute atomic E-state index is 0.0641. The van der Waals surface area contributed by atoms with Crippen LogP contribution in [0.5, 0.6) is 5.75 Å². The first-order valence-corrected chi connectivity index (χ1v) is 10.5. The van der Waals surface area contributed by atoms with E-state index in [0.29, 0.717) is 11.3 Å². The van der Waals surface area contributed by atoms with Crippen molar-refractivity contribution in [2.75, 3.05) is 6.54 Å². The molecule has 0 atom stereocenters. The Hall–Kier alpha value is -2.06. The highest BCUT2D eigenvalue weighted by molar-refractivity contribution is 14.1. The van der Waals surface area contributed by atoms with Gasteiger partial charge in [0, 0.05) is 17.5 Å². The second-order valence-electron chi connectivity index (χ2n) is 7.25. The van der Waals surface area contributed by atoms with Gasteiger partial charge in [-0.25, -0.2) is 0 Å². The summed E-state index contributed by atoms with van der Waals surface area (Å²) in [5.74, 6) is 1.29. The molecule has 0 aliphatic heterocycles. The summed E-state index contributed by atoms with van der Waals surface area (Å²) in [6.07, 6.45) is 2.64. The van der Waals surface area contributed by atoms with Crippen LogP contribution in [0, 0.1) is 9.49 Å². The first-order valence-electron chi connectivity index (χ1n) is 9.42. The Kier molecular flexibility index (Phi) is 5.87. The molecule has 2 aromatic carbocycles. The van der Waals surface area contributed by atoms with E-state index in [2.05, 4.69) is 40.0 Å². The molecule has 1 saturated carbocycles. The largest absolute Gasteiger partial charge is 0.485 e. The number of aliphatic carboxylic acids is 1. The van der Waals surface area contributed by atoms with E-state index in [4.69, 9.17) is 14.3 Å². The Morgan fingerprint density at radius 2 is 2.07 bits per heavy atom. The van der Waals surface area contributed by atoms with Crippen LogP contribution in [0.2, 0.25) is 0 Å². The van der Waals surface area contributed by atoms with Crippen LogP contribution < -0.4 is 10.1 Å². The molecule has 3 aromatic rings. The number of hydrogen-bond donors (Lipinski definition) is 2. The van der Waals surface area contributed by atoms with E-state index in [1.165, 1.54) is 18.4 Å². The van der Waals surface area contributed by atoms with E-state index in [-0.39, 0.29) is 13.0 Å². The molecule has 146 valence electrons. The standard InChI is InChI=1S/C22H22INO4/c23-19-8-15(12-24-11-14-5-6-14)7-17-9-18(28-22(17)19)13-27-20-4-2-1-3-16(20)10-21(25)26/h1-4,7-9,14,24H,5-6,10-13H2,(H,25,26). The third-order valence-electron chi connectivity index (χ3n) is 4.83. The van der Waals surface area contributed by atoms with Crippen LogP contribution in [0.3, 0.4) is 0 Å². The Morgan fingerprint density at radius 1 is 1.25 bits per heavy atom. The Morgan fingerprint density at radius 3 is 2.86 bits per heavy atom. The molecule has 0 amide bonds. The average Bonchev–Trinajstić information content (AvgIpc) is 3.38. The van der Waals surface area contributed by atoms with Crippen molar-refractivity contribution in [3.8, 4) is 5.75 Å². The maximum atomic E-state index is 11.0. The van der Waals surface area contributed by atoms with Crippen LogP contribution in [0.15, 0.2) is 46.9 Å². The highest BCUT2D eigenvalue weighted by Gasteiger charge is 2.20. The average molecular weight is 491 g/mol. The SMILES string of the molecule is O=C(O)Cc1ccccc1OCc1cc2cc(CNCC3CC3)cc(I)c2o1. The fraction of sp³-hybridized carbons (Fsp3) is 0.318. The van der Waals surface area contributed by atoms with E-state index in [1.807, 2.05) is 18.2 Å². The maximum absolute atomic E-state index is 11.0. The van der Waals surface area contributed by atoms with Crippen molar-refractivity contribution in [1.29, 1.82) is 0 Å². The van der Waals surface area contributed by atoms with Crippen LogP contribution in [-0.4, -0.2) is 17.6 Å². The number of benzene rings is 2. The van der Waals surface area contributed by atoms with Gasteiger partial charge in [-0.2, -0.15) is 0 Å². The Balaban J connectivity index is 1.45. The fourth-order valence-corrected chi connectivity index (χ4v) is 4.06. The molecule has 1 aliphatic rings. The second-order valence-corrected chi connectivity index (χ2v) is 8.41. The van der Waals surface area contributed by atoms with Gasteiger partial charge in [0.2, 0.25) is 0 Å². The molecule has 1 fully saturated rings. The molecule has 0 bridgehead atoms. The zero-order valence-electron chi connectivity index (χ0n) is 15.4. The minimum atomic E-state index is -0.878. The van der Waals surface area contributed by atoms with Gasteiger partial charge in [-0.15, -0.1) is 0 Å². The van der Waals surface area contributed by atoms with Crippen molar-refractivity contribution in [2.24, 2.45) is 5.92 Å². The monoisotopic (exact) mass is 491 g/mol. The van der Waals surface area contributed by atoms with E-state index < -0.39 is 5.97 Å². The number of hydrogen-bond acceptors (Lipinski definition) is 4. The van der Waals surface area contributed by atoms with E-state index in [1.54, 1.807) is 12.1 Å². The molecular weight excluding hydrogens is 469 g/mol. The molecule has 2 N–H and O–H groups in total. The highest BCUT2D eigenvalue weighted by Crippen LogP contribution is 2.29. The van der Waals surface area contributed by atoms with Crippen LogP contribution in [0.1, 0.15) is 29.7 Å². The van der Waals surface area contributed by atoms with Gasteiger partial charge in [0.1, 0.15) is 23.7 Å². The summed E-state index contributed by atoms with van der Waals surface area (Å²) in [6.45, 7) is 2.22. The lowest BCUT2D eigenvalue weighted by molar-refractivity contribution is -0.136. The molecule has 1 heterocycles. The third kappa shape index (κ3) is 4.86. The number of para-hydroxylation sites is 1. The molecule has 1 aromatic heterocycles. The number of fused-ring (bicyclic) bond motifs is 1. The molecule has 1 aliphatic carbocycles. The lowest BCUT2D eigenvalue weighted by Gasteiger charge is -2.08. The predicted molar refractivity (Wildman–Crippen MR) is 115 cm³/mol. The van der Waals surface area contributed by atoms with Gasteiger partial charge in [0.25, 0.3) is 0 Å². The van der Waals surface area contributed by atoms with Gasteiger partial charge in [-0.1, -0.05) is 18.2 Å². The normalized spacial score (nSPS) is 13.8. The number of carbonyl (C=O) groups is 1. The van der Waals surface area contributed by atoms with Crippen molar-refractivity contribution in [3.05, 3.63) is 62.9 Å². The molecule has 6 heteroatoms. The first-order chi connectivity index (χ1) is 13.6. The smallest absolute Gasteiger partial charge is 0.307 e. The van der Waals surface area contributed by atoms with Gasteiger partial charge >= 0.3 is 5.97 Å². The van der Waals surface area contributed by atoms with Crippen molar-refractivity contribution >= 4 is 39.5 Å². The molecule has 5 nitrogen and oxygen atoms in total. The van der Waals surface area contributed by atoms with Crippen LogP contribution in [-0.2, 0) is 24.4 Å². The van der Waals surface area contributed by atoms with Crippen LogP contribution in [0.25, 0.3) is 11.0 Å². The Labute approximate surface area is 177 Å². The summed E-state index contributed by atoms with van der Waals surface area (Å²) in [5, 5.41) is 13.6. The molecule has 0 saturated heterocycles. The number of nitrogens with one attached hydrogen (secondary N) is 1. The van der Waals surface area contributed by atoms with Crippen molar-refractivity contribution in [1.82, 2.24) is 5.32 Å². The van der Waals surface area contributed by atoms with Crippen LogP contribution >= 0.6 is 22.6 Å². The predicted octanol–water partition coefficient (Wildman–Crippen LogP) is 4.74. The summed E-state index contributed by atoms with van der Waals surface area (Å²) in [7, 11) is 0. The van der Waals surface area contributed by atoms with E-state index in [9.17, 15) is 4.79 Å². The molecular formula is C22H22INO4. The summed E-state index contributed by atoms with van der Waals surface area (Å²) in [6, 6.07) is 13.5. The van der Waals surface area contributed by atoms with Gasteiger partial charge in [0.05, 0.1) is 9.99 Å². The summed E-state index contributed by atoms with van der Waals surface area (Å²) < 4.78 is 12.9. The number of carboxylic acids is 1. The molecule has 0 spiro atoms. The maximum Gasteiger partial charge on any atom is 0.307 e. The molecule has 4 rings (SSSR count). The van der Waals surface area contributed by atoms with Crippen molar-refractivity contribution in [2.45, 2.75) is 32.4 Å². The second kappa shape index (κ2) is 8.53. The highest BCUT2D eigenvalue weighted by atomic mass is 127. The lowest BCUT2D eigenvalue weighted by atomic mass is 10.1. The summed E-state index contributed by atoms with van der Waals surface area (Å²) in [4.78, 5) is 11.0. The zero-order valence-corrected chi connectivity index (χ0v) is 17.6. The van der Waals surface area contributed by atoms with Gasteiger partial charge in [-0.3, -0.25) is 4.79 Å². The number of halogens is 1. The zero-order chi connectivity index (χ0) is 19.5. The summed E-state index contributed by atoms with van der Waals surface area (Å²) >= 11 is 2.31. The number of carboxylic acid groups (broad SMARTS) is 1. The fourth-order valence-electron chi connectivity index (χ4n) is 3.24. The van der Waals surface area contributed by atoms with E-state index >= 15 is 0 Å². The van der Waals surface area contributed by atoms with Crippen molar-refractivity contribution < 1.29 is 19.1 Å². The third-order valence-corrected chi connectivity index (χ3v) is 5.63. The van der Waals surface area contributed by atoms with E-state index in [0.717, 1.165) is 39.3 Å². The molecule has 28 heavy (non-hydrogen) atoms. The topological polar surface area (TPSA) is 71.7 Å². The number of rotatable bonds is 9. The van der Waals surface area contributed by atoms with Crippen LogP contribution in [0.4, 0.5) is 0 Å². The van der Waals surface area contributed by atoms with Gasteiger partial charge in [-0.05, 0) is 77.7 Å². The summed E-state index contributed by atoms with van der Waals surface area (Å²) in [5.41, 5.74) is 2.77. The minimum Gasteiger partial charge on any atom is -0.485 e. The first kappa shape index (κ1) is 19.3. The quantitative estimate of drug-likeness (QED) is 0.423. The van der Waals surface area contributed by atoms with Gasteiger partial charge < -0.3 is 19.6 Å². The number of furan rings is 1.